The first-order valence-corrected chi connectivity index (χ1v) is 7.38. The van der Waals surface area contributed by atoms with Crippen LogP contribution in [0.15, 0.2) is 4.99 Å². The summed E-state index contributed by atoms with van der Waals surface area (Å²) in [6, 6.07) is 0.0707. The lowest BCUT2D eigenvalue weighted by atomic mass is 10.1. The van der Waals surface area contributed by atoms with Crippen molar-refractivity contribution in [2.75, 3.05) is 12.8 Å². The van der Waals surface area contributed by atoms with Gasteiger partial charge in [0.1, 0.15) is 6.04 Å². The molecule has 0 bridgehead atoms. The number of piperidine rings is 1. The van der Waals surface area contributed by atoms with Crippen molar-refractivity contribution in [2.24, 2.45) is 4.99 Å². The smallest absolute Gasteiger partial charge is 0.253 e. The Morgan fingerprint density at radius 1 is 1.44 bits per heavy atom. The molecule has 6 heteroatoms. The van der Waals surface area contributed by atoms with Gasteiger partial charge in [0.15, 0.2) is 5.17 Å². The molecule has 2 amide bonds. The lowest BCUT2D eigenvalue weighted by Crippen LogP contribution is -2.46. The summed E-state index contributed by atoms with van der Waals surface area (Å²) in [6.45, 7) is 2.14. The molecular weight excluding hydrogens is 250 g/mol. The Kier molecular flexibility index (Phi) is 4.27. The second-order valence-electron chi connectivity index (χ2n) is 4.67. The number of likely N-dealkylation sites (N-methyl/N-ethyl adjacent to an activating group) is 1. The van der Waals surface area contributed by atoms with Gasteiger partial charge in [-0.15, -0.1) is 0 Å². The van der Waals surface area contributed by atoms with Gasteiger partial charge in [-0.1, -0.05) is 18.7 Å². The molecule has 18 heavy (non-hydrogen) atoms. The second kappa shape index (κ2) is 5.73. The van der Waals surface area contributed by atoms with E-state index < -0.39 is 6.04 Å². The molecule has 0 aromatic heterocycles. The van der Waals surface area contributed by atoms with E-state index in [0.717, 1.165) is 23.8 Å². The molecule has 0 aliphatic carbocycles. The maximum absolute atomic E-state index is 11.9. The van der Waals surface area contributed by atoms with Crippen molar-refractivity contribution in [2.45, 2.75) is 44.7 Å². The zero-order valence-electron chi connectivity index (χ0n) is 10.8. The standard InChI is InChI=1S/C12H19N3O2S/c1-3-8-6-7-18-12(13-8)14-9-4-5-10(16)15(2)11(9)17/h8-9H,3-7H2,1-2H3,(H,13,14). The van der Waals surface area contributed by atoms with E-state index in [-0.39, 0.29) is 11.8 Å². The minimum Gasteiger partial charge on any atom is -0.362 e. The third-order valence-electron chi connectivity index (χ3n) is 3.42. The minimum atomic E-state index is -0.390. The summed E-state index contributed by atoms with van der Waals surface area (Å²) in [4.78, 5) is 29.0. The predicted octanol–water partition coefficient (Wildman–Crippen LogP) is 0.995. The maximum atomic E-state index is 11.9. The predicted molar refractivity (Wildman–Crippen MR) is 72.5 cm³/mol. The molecule has 2 rings (SSSR count). The van der Waals surface area contributed by atoms with Crippen LogP contribution < -0.4 is 5.32 Å². The molecular formula is C12H19N3O2S. The number of thioether (sulfide) groups is 1. The molecule has 0 saturated carbocycles. The Balaban J connectivity index is 2.03. The van der Waals surface area contributed by atoms with E-state index in [4.69, 9.17) is 0 Å². The quantitative estimate of drug-likeness (QED) is 0.760. The fourth-order valence-electron chi connectivity index (χ4n) is 2.13. The number of aliphatic imine (C=N–C) groups is 1. The zero-order chi connectivity index (χ0) is 13.1. The molecule has 0 aromatic rings. The first-order chi connectivity index (χ1) is 8.61. The van der Waals surface area contributed by atoms with Gasteiger partial charge in [-0.3, -0.25) is 14.5 Å². The van der Waals surface area contributed by atoms with Crippen LogP contribution in [0.25, 0.3) is 0 Å². The molecule has 2 aliphatic rings. The summed E-state index contributed by atoms with van der Waals surface area (Å²) in [6.07, 6.45) is 3.14. The van der Waals surface area contributed by atoms with Gasteiger partial charge in [-0.25, -0.2) is 4.99 Å². The zero-order valence-corrected chi connectivity index (χ0v) is 11.6. The Morgan fingerprint density at radius 2 is 2.22 bits per heavy atom. The summed E-state index contributed by atoms with van der Waals surface area (Å²) in [5, 5.41) is 4.21. The highest BCUT2D eigenvalue weighted by Crippen LogP contribution is 2.20. The maximum Gasteiger partial charge on any atom is 0.253 e. The number of hydrogen-bond donors (Lipinski definition) is 1. The van der Waals surface area contributed by atoms with Gasteiger partial charge in [0.05, 0.1) is 0 Å². The summed E-state index contributed by atoms with van der Waals surface area (Å²) in [5.74, 6) is 0.756. The average molecular weight is 269 g/mol. The monoisotopic (exact) mass is 269 g/mol. The van der Waals surface area contributed by atoms with Crippen LogP contribution in [0.2, 0.25) is 0 Å². The van der Waals surface area contributed by atoms with Gasteiger partial charge >= 0.3 is 0 Å². The first kappa shape index (κ1) is 13.4. The normalized spacial score (nSPS) is 31.7. The van der Waals surface area contributed by atoms with Crippen molar-refractivity contribution < 1.29 is 9.59 Å². The summed E-state index contributed by atoms with van der Waals surface area (Å²) in [5.41, 5.74) is 0. The van der Waals surface area contributed by atoms with E-state index in [1.807, 2.05) is 0 Å². The molecule has 100 valence electrons. The molecule has 2 unspecified atom stereocenters. The van der Waals surface area contributed by atoms with Gasteiger partial charge in [0.25, 0.3) is 5.91 Å². The molecule has 2 atom stereocenters. The number of amidine groups is 1. The number of amides is 2. The Morgan fingerprint density at radius 3 is 2.94 bits per heavy atom. The van der Waals surface area contributed by atoms with E-state index in [1.54, 1.807) is 11.8 Å². The third kappa shape index (κ3) is 2.85. The van der Waals surface area contributed by atoms with Crippen LogP contribution in [0.4, 0.5) is 0 Å². The summed E-state index contributed by atoms with van der Waals surface area (Å²) < 4.78 is 0. The highest BCUT2D eigenvalue weighted by atomic mass is 32.2. The van der Waals surface area contributed by atoms with Gasteiger partial charge in [-0.2, -0.15) is 0 Å². The molecule has 2 aliphatic heterocycles. The molecule has 2 heterocycles. The van der Waals surface area contributed by atoms with E-state index in [2.05, 4.69) is 17.2 Å². The van der Waals surface area contributed by atoms with Crippen molar-refractivity contribution in [1.29, 1.82) is 0 Å². The van der Waals surface area contributed by atoms with E-state index in [0.29, 0.717) is 18.9 Å². The summed E-state index contributed by atoms with van der Waals surface area (Å²) in [7, 11) is 1.54. The second-order valence-corrected chi connectivity index (χ2v) is 5.75. The number of carbonyl (C=O) groups excluding carboxylic acids is 2. The van der Waals surface area contributed by atoms with Gasteiger partial charge in [0.2, 0.25) is 5.91 Å². The number of nitrogens with zero attached hydrogens (tertiary/aromatic N) is 2. The van der Waals surface area contributed by atoms with Crippen LogP contribution >= 0.6 is 11.8 Å². The highest BCUT2D eigenvalue weighted by molar-refractivity contribution is 8.13. The molecule has 0 aromatic carbocycles. The van der Waals surface area contributed by atoms with Crippen molar-refractivity contribution in [1.82, 2.24) is 10.2 Å². The lowest BCUT2D eigenvalue weighted by molar-refractivity contribution is -0.147. The fraction of sp³-hybridized carbons (Fsp3) is 0.750. The Hall–Kier alpha value is -1.04. The summed E-state index contributed by atoms with van der Waals surface area (Å²) >= 11 is 1.66. The van der Waals surface area contributed by atoms with Crippen LogP contribution in [-0.4, -0.2) is 46.8 Å². The number of hydrogen-bond acceptors (Lipinski definition) is 4. The Bertz CT molecular complexity index is 384. The van der Waals surface area contributed by atoms with Crippen molar-refractivity contribution in [3.63, 3.8) is 0 Å². The van der Waals surface area contributed by atoms with E-state index >= 15 is 0 Å². The third-order valence-corrected chi connectivity index (χ3v) is 4.36. The largest absolute Gasteiger partial charge is 0.362 e. The van der Waals surface area contributed by atoms with Crippen molar-refractivity contribution in [3.8, 4) is 0 Å². The van der Waals surface area contributed by atoms with Gasteiger partial charge in [0, 0.05) is 25.3 Å². The molecule has 0 radical (unpaired) electrons. The van der Waals surface area contributed by atoms with Crippen molar-refractivity contribution in [3.05, 3.63) is 0 Å². The highest BCUT2D eigenvalue weighted by Gasteiger charge is 2.32. The van der Waals surface area contributed by atoms with Crippen LogP contribution in [0, 0.1) is 0 Å². The minimum absolute atomic E-state index is 0.104. The molecule has 2 fully saturated rings. The number of imide groups is 1. The van der Waals surface area contributed by atoms with Crippen LogP contribution in [-0.2, 0) is 9.59 Å². The lowest BCUT2D eigenvalue weighted by Gasteiger charge is -2.28. The number of carbonyl (C=O) groups is 2. The van der Waals surface area contributed by atoms with Crippen LogP contribution in [0.5, 0.6) is 0 Å². The fourth-order valence-corrected chi connectivity index (χ4v) is 3.17. The van der Waals surface area contributed by atoms with Crippen LogP contribution in [0.1, 0.15) is 32.6 Å². The SMILES string of the molecule is CCC1CCSC(=NC2CCC(=O)N(C)C2=O)N1. The van der Waals surface area contributed by atoms with E-state index in [1.165, 1.54) is 11.9 Å². The van der Waals surface area contributed by atoms with E-state index in [9.17, 15) is 9.59 Å². The number of nitrogens with one attached hydrogen (secondary N) is 1. The van der Waals surface area contributed by atoms with Gasteiger partial charge < -0.3 is 5.32 Å². The van der Waals surface area contributed by atoms with Gasteiger partial charge in [-0.05, 0) is 19.3 Å². The number of likely N-dealkylation sites (tertiary alicyclic amines) is 1. The number of rotatable bonds is 2. The topological polar surface area (TPSA) is 61.8 Å². The van der Waals surface area contributed by atoms with Crippen molar-refractivity contribution >= 4 is 28.7 Å². The Labute approximate surface area is 111 Å². The molecule has 0 spiro atoms. The van der Waals surface area contributed by atoms with Crippen LogP contribution in [0.3, 0.4) is 0 Å². The molecule has 1 N–H and O–H groups in total. The molecule has 2 saturated heterocycles. The average Bonchev–Trinajstić information content (AvgIpc) is 2.40. The first-order valence-electron chi connectivity index (χ1n) is 6.39. The molecule has 5 nitrogen and oxygen atoms in total.